The number of anilines is 1. The van der Waals surface area contributed by atoms with Crippen molar-refractivity contribution in [3.8, 4) is 5.75 Å². The third kappa shape index (κ3) is 4.51. The zero-order chi connectivity index (χ0) is 19.3. The summed E-state index contributed by atoms with van der Waals surface area (Å²) in [6.07, 6.45) is 0. The molecular weight excluding hydrogens is 352 g/mol. The lowest BCUT2D eigenvalue weighted by molar-refractivity contribution is 0.159. The molecule has 0 bridgehead atoms. The van der Waals surface area contributed by atoms with Gasteiger partial charge in [0.05, 0.1) is 6.54 Å². The molecule has 3 aromatic rings. The predicted molar refractivity (Wildman–Crippen MR) is 108 cm³/mol. The number of hydrogen-bond donors (Lipinski definition) is 0. The fraction of sp³-hybridized carbons (Fsp3) is 0.364. The van der Waals surface area contributed by atoms with E-state index >= 15 is 0 Å². The van der Waals surface area contributed by atoms with E-state index in [-0.39, 0.29) is 0 Å². The lowest BCUT2D eigenvalue weighted by atomic mass is 10.1. The molecule has 2 heterocycles. The number of ether oxygens (including phenoxy) is 1. The normalized spacial score (nSPS) is 17.6. The maximum Gasteiger partial charge on any atom is 0.240 e. The highest BCUT2D eigenvalue weighted by atomic mass is 16.5. The van der Waals surface area contributed by atoms with Gasteiger partial charge in [0.2, 0.25) is 11.7 Å². The van der Waals surface area contributed by atoms with Crippen LogP contribution in [0.4, 0.5) is 5.69 Å². The Bertz CT molecular complexity index is 879. The van der Waals surface area contributed by atoms with E-state index in [9.17, 15) is 0 Å². The molecule has 6 heteroatoms. The molecule has 0 aliphatic carbocycles. The van der Waals surface area contributed by atoms with Crippen LogP contribution in [-0.2, 0) is 13.2 Å². The molecule has 0 radical (unpaired) electrons. The summed E-state index contributed by atoms with van der Waals surface area (Å²) in [5, 5.41) is 4.04. The van der Waals surface area contributed by atoms with E-state index in [1.54, 1.807) is 0 Å². The Morgan fingerprint density at radius 2 is 1.86 bits per heavy atom. The second-order valence-electron chi connectivity index (χ2n) is 7.31. The van der Waals surface area contributed by atoms with Crippen LogP contribution in [0.1, 0.15) is 24.2 Å². The fourth-order valence-electron chi connectivity index (χ4n) is 3.47. The van der Waals surface area contributed by atoms with Gasteiger partial charge in [0.1, 0.15) is 5.75 Å². The number of hydrogen-bond acceptors (Lipinski definition) is 6. The second-order valence-corrected chi connectivity index (χ2v) is 7.31. The first-order chi connectivity index (χ1) is 13.7. The summed E-state index contributed by atoms with van der Waals surface area (Å²) in [6, 6.07) is 18.8. The summed E-state index contributed by atoms with van der Waals surface area (Å²) < 4.78 is 11.1. The number of nitrogens with zero attached hydrogens (tertiary/aromatic N) is 4. The first kappa shape index (κ1) is 18.5. The zero-order valence-electron chi connectivity index (χ0n) is 16.4. The van der Waals surface area contributed by atoms with Crippen molar-refractivity contribution < 1.29 is 9.26 Å². The minimum atomic E-state index is 0.310. The Balaban J connectivity index is 1.30. The minimum absolute atomic E-state index is 0.310. The van der Waals surface area contributed by atoms with Crippen LogP contribution in [0.3, 0.4) is 0 Å². The largest absolute Gasteiger partial charge is 0.485 e. The Morgan fingerprint density at radius 3 is 2.61 bits per heavy atom. The molecule has 1 atom stereocenters. The summed E-state index contributed by atoms with van der Waals surface area (Å²) in [5.74, 6) is 2.02. The molecule has 0 saturated carbocycles. The quantitative estimate of drug-likeness (QED) is 0.652. The Hall–Kier alpha value is -2.86. The molecule has 28 heavy (non-hydrogen) atoms. The Labute approximate surface area is 165 Å². The molecule has 4 rings (SSSR count). The Kier molecular flexibility index (Phi) is 5.58. The smallest absolute Gasteiger partial charge is 0.240 e. The molecule has 1 aliphatic rings. The molecule has 0 N–H and O–H groups in total. The Morgan fingerprint density at radius 1 is 1.07 bits per heavy atom. The molecule has 0 unspecified atom stereocenters. The first-order valence-electron chi connectivity index (χ1n) is 9.72. The molecule has 1 saturated heterocycles. The van der Waals surface area contributed by atoms with E-state index in [0.29, 0.717) is 30.9 Å². The van der Waals surface area contributed by atoms with Crippen molar-refractivity contribution in [1.29, 1.82) is 0 Å². The van der Waals surface area contributed by atoms with E-state index < -0.39 is 0 Å². The van der Waals surface area contributed by atoms with Gasteiger partial charge in [-0.1, -0.05) is 41.1 Å². The minimum Gasteiger partial charge on any atom is -0.485 e. The third-order valence-electron chi connectivity index (χ3n) is 5.12. The first-order valence-corrected chi connectivity index (χ1v) is 9.72. The number of rotatable bonds is 6. The monoisotopic (exact) mass is 378 g/mol. The third-order valence-corrected chi connectivity index (χ3v) is 5.12. The van der Waals surface area contributed by atoms with Crippen molar-refractivity contribution in [2.45, 2.75) is 33.0 Å². The van der Waals surface area contributed by atoms with E-state index in [4.69, 9.17) is 9.26 Å². The predicted octanol–water partition coefficient (Wildman–Crippen LogP) is 3.67. The summed E-state index contributed by atoms with van der Waals surface area (Å²) in [5.41, 5.74) is 2.58. The van der Waals surface area contributed by atoms with Crippen molar-refractivity contribution in [3.05, 3.63) is 71.9 Å². The van der Waals surface area contributed by atoms with Crippen LogP contribution in [0.2, 0.25) is 0 Å². The number of para-hydroxylation sites is 1. The van der Waals surface area contributed by atoms with E-state index in [2.05, 4.69) is 58.1 Å². The lowest BCUT2D eigenvalue weighted by Crippen LogP contribution is -2.51. The fourth-order valence-corrected chi connectivity index (χ4v) is 3.47. The van der Waals surface area contributed by atoms with Crippen LogP contribution in [-0.4, -0.2) is 40.7 Å². The van der Waals surface area contributed by atoms with Crippen molar-refractivity contribution in [3.63, 3.8) is 0 Å². The zero-order valence-corrected chi connectivity index (χ0v) is 16.4. The highest BCUT2D eigenvalue weighted by Gasteiger charge is 2.25. The van der Waals surface area contributed by atoms with Gasteiger partial charge in [-0.15, -0.1) is 0 Å². The average molecular weight is 378 g/mol. The number of aromatic nitrogens is 2. The number of benzene rings is 2. The van der Waals surface area contributed by atoms with Gasteiger partial charge in [-0.3, -0.25) is 4.90 Å². The van der Waals surface area contributed by atoms with Gasteiger partial charge in [0, 0.05) is 31.4 Å². The number of aryl methyl sites for hydroxylation is 1. The average Bonchev–Trinajstić information content (AvgIpc) is 3.17. The van der Waals surface area contributed by atoms with Gasteiger partial charge in [-0.2, -0.15) is 4.98 Å². The van der Waals surface area contributed by atoms with E-state index in [1.165, 1.54) is 11.3 Å². The van der Waals surface area contributed by atoms with E-state index in [0.717, 1.165) is 25.4 Å². The molecular formula is C22H26N4O2. The number of piperazine rings is 1. The van der Waals surface area contributed by atoms with Gasteiger partial charge in [-0.05, 0) is 38.1 Å². The molecule has 6 nitrogen and oxygen atoms in total. The van der Waals surface area contributed by atoms with Crippen LogP contribution in [0.25, 0.3) is 0 Å². The summed E-state index contributed by atoms with van der Waals surface area (Å²) in [6.45, 7) is 8.29. The molecule has 0 spiro atoms. The van der Waals surface area contributed by atoms with Crippen LogP contribution >= 0.6 is 0 Å². The summed E-state index contributed by atoms with van der Waals surface area (Å²) >= 11 is 0. The second kappa shape index (κ2) is 8.44. The topological polar surface area (TPSA) is 54.6 Å². The van der Waals surface area contributed by atoms with Gasteiger partial charge < -0.3 is 14.2 Å². The highest BCUT2D eigenvalue weighted by Crippen LogP contribution is 2.21. The molecule has 146 valence electrons. The van der Waals surface area contributed by atoms with Crippen LogP contribution in [0.5, 0.6) is 5.75 Å². The van der Waals surface area contributed by atoms with Gasteiger partial charge >= 0.3 is 0 Å². The highest BCUT2D eigenvalue weighted by molar-refractivity contribution is 5.48. The maximum atomic E-state index is 5.68. The van der Waals surface area contributed by atoms with Crippen LogP contribution < -0.4 is 9.64 Å². The van der Waals surface area contributed by atoms with E-state index in [1.807, 2.05) is 30.3 Å². The van der Waals surface area contributed by atoms with Crippen molar-refractivity contribution >= 4 is 5.69 Å². The molecule has 1 fully saturated rings. The van der Waals surface area contributed by atoms with Crippen molar-refractivity contribution in [2.75, 3.05) is 24.5 Å². The molecule has 2 aromatic carbocycles. The molecule has 1 aliphatic heterocycles. The van der Waals surface area contributed by atoms with Crippen molar-refractivity contribution in [2.24, 2.45) is 0 Å². The van der Waals surface area contributed by atoms with Crippen molar-refractivity contribution in [1.82, 2.24) is 15.0 Å². The SMILES string of the molecule is Cc1ccc(N2CCN(Cc3nc(COc4ccccc4)no3)[C@@H](C)C2)cc1. The maximum absolute atomic E-state index is 5.68. The summed E-state index contributed by atoms with van der Waals surface area (Å²) in [7, 11) is 0. The van der Waals surface area contributed by atoms with Gasteiger partial charge in [0.25, 0.3) is 0 Å². The lowest BCUT2D eigenvalue weighted by Gasteiger charge is -2.40. The van der Waals surface area contributed by atoms with Crippen LogP contribution in [0.15, 0.2) is 59.1 Å². The summed E-state index contributed by atoms with van der Waals surface area (Å²) in [4.78, 5) is 9.31. The molecule has 1 aromatic heterocycles. The van der Waals surface area contributed by atoms with Gasteiger partial charge in [-0.25, -0.2) is 0 Å². The van der Waals surface area contributed by atoms with Crippen LogP contribution in [0, 0.1) is 6.92 Å². The standard InChI is InChI=1S/C22H26N4O2/c1-17-8-10-19(11-9-17)26-13-12-25(18(2)14-26)15-22-23-21(24-28-22)16-27-20-6-4-3-5-7-20/h3-11,18H,12-16H2,1-2H3/t18-/m0/s1. The van der Waals surface area contributed by atoms with Gasteiger partial charge in [0.15, 0.2) is 6.61 Å². The molecule has 0 amide bonds.